The molecule has 1 aromatic rings. The molecular weight excluding hydrogens is 250 g/mol. The fraction of sp³-hybridized carbons (Fsp3) is 0.625. The first kappa shape index (κ1) is 16.6. The molecule has 0 saturated heterocycles. The molecule has 0 fully saturated rings. The van der Waals surface area contributed by atoms with E-state index in [9.17, 15) is 4.79 Å². The van der Waals surface area contributed by atoms with E-state index in [0.717, 1.165) is 18.5 Å². The van der Waals surface area contributed by atoms with Gasteiger partial charge in [-0.25, -0.2) is 0 Å². The maximum atomic E-state index is 12.1. The predicted molar refractivity (Wildman–Crippen MR) is 82.2 cm³/mol. The molecule has 4 nitrogen and oxygen atoms in total. The van der Waals surface area contributed by atoms with Crippen molar-refractivity contribution in [1.29, 1.82) is 0 Å². The third kappa shape index (κ3) is 6.66. The maximum Gasteiger partial charge on any atom is 0.223 e. The van der Waals surface area contributed by atoms with Crippen LogP contribution < -0.4 is 5.73 Å². The SMILES string of the molecule is CN(CCc1ccccn1)C(=O)CC(N)CC(C)(C)C. The van der Waals surface area contributed by atoms with Crippen molar-refractivity contribution in [1.82, 2.24) is 9.88 Å². The lowest BCUT2D eigenvalue weighted by molar-refractivity contribution is -0.130. The standard InChI is InChI=1S/C16H27N3O/c1-16(2,3)12-13(17)11-15(20)19(4)10-8-14-7-5-6-9-18-14/h5-7,9,13H,8,10-12,17H2,1-4H3. The monoisotopic (exact) mass is 277 g/mol. The van der Waals surface area contributed by atoms with E-state index in [1.54, 1.807) is 11.1 Å². The molecule has 112 valence electrons. The van der Waals surface area contributed by atoms with E-state index in [0.29, 0.717) is 13.0 Å². The Kier molecular flexibility index (Phi) is 6.14. The fourth-order valence-corrected chi connectivity index (χ4v) is 2.19. The van der Waals surface area contributed by atoms with Crippen LogP contribution >= 0.6 is 0 Å². The summed E-state index contributed by atoms with van der Waals surface area (Å²) in [6.45, 7) is 7.10. The van der Waals surface area contributed by atoms with E-state index in [1.165, 1.54) is 0 Å². The number of aromatic nitrogens is 1. The minimum Gasteiger partial charge on any atom is -0.345 e. The van der Waals surface area contributed by atoms with Gasteiger partial charge in [-0.1, -0.05) is 26.8 Å². The Morgan fingerprint density at radius 1 is 1.40 bits per heavy atom. The summed E-state index contributed by atoms with van der Waals surface area (Å²) in [6.07, 6.45) is 3.82. The van der Waals surface area contributed by atoms with Crippen molar-refractivity contribution < 1.29 is 4.79 Å². The van der Waals surface area contributed by atoms with E-state index >= 15 is 0 Å². The summed E-state index contributed by atoms with van der Waals surface area (Å²) < 4.78 is 0. The highest BCUT2D eigenvalue weighted by Gasteiger charge is 2.19. The van der Waals surface area contributed by atoms with Crippen LogP contribution in [-0.2, 0) is 11.2 Å². The third-order valence-corrected chi connectivity index (χ3v) is 3.17. The molecule has 0 bridgehead atoms. The molecule has 1 amide bonds. The van der Waals surface area contributed by atoms with Crippen LogP contribution in [0.5, 0.6) is 0 Å². The summed E-state index contributed by atoms with van der Waals surface area (Å²) in [6, 6.07) is 5.76. The van der Waals surface area contributed by atoms with Crippen LogP contribution in [0.1, 0.15) is 39.3 Å². The molecule has 0 aliphatic carbocycles. The first-order valence-electron chi connectivity index (χ1n) is 7.17. The molecular formula is C16H27N3O. The number of hydrogen-bond acceptors (Lipinski definition) is 3. The maximum absolute atomic E-state index is 12.1. The average Bonchev–Trinajstić information content (AvgIpc) is 2.34. The van der Waals surface area contributed by atoms with E-state index in [1.807, 2.05) is 25.2 Å². The van der Waals surface area contributed by atoms with E-state index in [2.05, 4.69) is 25.8 Å². The molecule has 4 heteroatoms. The molecule has 0 saturated carbocycles. The average molecular weight is 277 g/mol. The Bertz CT molecular complexity index is 411. The number of nitrogens with two attached hydrogens (primary N) is 1. The van der Waals surface area contributed by atoms with E-state index in [4.69, 9.17) is 5.73 Å². The number of carbonyl (C=O) groups is 1. The number of nitrogens with zero attached hydrogens (tertiary/aromatic N) is 2. The summed E-state index contributed by atoms with van der Waals surface area (Å²) >= 11 is 0. The van der Waals surface area contributed by atoms with Crippen LogP contribution in [-0.4, -0.2) is 35.4 Å². The van der Waals surface area contributed by atoms with Gasteiger partial charge in [-0.15, -0.1) is 0 Å². The smallest absolute Gasteiger partial charge is 0.223 e. The van der Waals surface area contributed by atoms with Gasteiger partial charge in [0.2, 0.25) is 5.91 Å². The normalized spacial score (nSPS) is 13.1. The highest BCUT2D eigenvalue weighted by molar-refractivity contribution is 5.76. The Balaban J connectivity index is 2.36. The molecule has 20 heavy (non-hydrogen) atoms. The molecule has 0 radical (unpaired) electrons. The van der Waals surface area contributed by atoms with E-state index < -0.39 is 0 Å². The summed E-state index contributed by atoms with van der Waals surface area (Å²) in [5.41, 5.74) is 7.21. The summed E-state index contributed by atoms with van der Waals surface area (Å²) in [5, 5.41) is 0. The minimum atomic E-state index is -0.0696. The number of carbonyl (C=O) groups excluding carboxylic acids is 1. The Labute approximate surface area is 122 Å². The van der Waals surface area contributed by atoms with Crippen molar-refractivity contribution in [3.63, 3.8) is 0 Å². The third-order valence-electron chi connectivity index (χ3n) is 3.17. The lowest BCUT2D eigenvalue weighted by Crippen LogP contribution is -2.36. The number of likely N-dealkylation sites (N-methyl/N-ethyl adjacent to an activating group) is 1. The lowest BCUT2D eigenvalue weighted by Gasteiger charge is -2.24. The van der Waals surface area contributed by atoms with Crippen molar-refractivity contribution in [3.05, 3.63) is 30.1 Å². The number of rotatable bonds is 6. The largest absolute Gasteiger partial charge is 0.345 e. The number of pyridine rings is 1. The van der Waals surface area contributed by atoms with Gasteiger partial charge >= 0.3 is 0 Å². The van der Waals surface area contributed by atoms with Crippen molar-refractivity contribution in [2.45, 2.75) is 46.1 Å². The van der Waals surface area contributed by atoms with Crippen LogP contribution in [0.3, 0.4) is 0 Å². The second-order valence-electron chi connectivity index (χ2n) is 6.62. The van der Waals surface area contributed by atoms with Crippen molar-refractivity contribution >= 4 is 5.91 Å². The summed E-state index contributed by atoms with van der Waals surface area (Å²) in [5.74, 6) is 0.109. The van der Waals surface area contributed by atoms with E-state index in [-0.39, 0.29) is 17.4 Å². The first-order valence-corrected chi connectivity index (χ1v) is 7.17. The van der Waals surface area contributed by atoms with Gasteiger partial charge in [0.05, 0.1) is 0 Å². The highest BCUT2D eigenvalue weighted by Crippen LogP contribution is 2.21. The first-order chi connectivity index (χ1) is 9.28. The Hall–Kier alpha value is -1.42. The molecule has 1 unspecified atom stereocenters. The van der Waals surface area contributed by atoms with Gasteiger partial charge in [0.25, 0.3) is 0 Å². The quantitative estimate of drug-likeness (QED) is 0.867. The zero-order valence-electron chi connectivity index (χ0n) is 13.1. The Morgan fingerprint density at radius 3 is 2.65 bits per heavy atom. The molecule has 1 aromatic heterocycles. The molecule has 1 rings (SSSR count). The molecule has 0 aliphatic rings. The summed E-state index contributed by atoms with van der Waals surface area (Å²) in [7, 11) is 1.83. The molecule has 1 atom stereocenters. The van der Waals surface area contributed by atoms with Gasteiger partial charge in [0.1, 0.15) is 0 Å². The number of hydrogen-bond donors (Lipinski definition) is 1. The summed E-state index contributed by atoms with van der Waals surface area (Å²) in [4.78, 5) is 18.1. The van der Waals surface area contributed by atoms with Gasteiger partial charge in [-0.2, -0.15) is 0 Å². The second-order valence-corrected chi connectivity index (χ2v) is 6.62. The van der Waals surface area contributed by atoms with Crippen LogP contribution in [0.15, 0.2) is 24.4 Å². The van der Waals surface area contributed by atoms with Crippen molar-refractivity contribution in [2.75, 3.05) is 13.6 Å². The molecule has 0 spiro atoms. The van der Waals surface area contributed by atoms with Crippen LogP contribution in [0.25, 0.3) is 0 Å². The van der Waals surface area contributed by atoms with Crippen LogP contribution in [0.4, 0.5) is 0 Å². The fourth-order valence-electron chi connectivity index (χ4n) is 2.19. The van der Waals surface area contributed by atoms with Gasteiger partial charge in [-0.3, -0.25) is 9.78 Å². The lowest BCUT2D eigenvalue weighted by atomic mass is 9.87. The molecule has 1 heterocycles. The second kappa shape index (κ2) is 7.39. The van der Waals surface area contributed by atoms with Crippen molar-refractivity contribution in [3.8, 4) is 0 Å². The van der Waals surface area contributed by atoms with Gasteiger partial charge < -0.3 is 10.6 Å². The zero-order chi connectivity index (χ0) is 15.2. The topological polar surface area (TPSA) is 59.2 Å². The molecule has 0 aromatic carbocycles. The highest BCUT2D eigenvalue weighted by atomic mass is 16.2. The predicted octanol–water partition coefficient (Wildman–Crippen LogP) is 2.24. The van der Waals surface area contributed by atoms with Crippen molar-refractivity contribution in [2.24, 2.45) is 11.1 Å². The molecule has 0 aliphatic heterocycles. The van der Waals surface area contributed by atoms with Gasteiger partial charge in [0.15, 0.2) is 0 Å². The van der Waals surface area contributed by atoms with Gasteiger partial charge in [0, 0.05) is 44.4 Å². The zero-order valence-corrected chi connectivity index (χ0v) is 13.1. The van der Waals surface area contributed by atoms with Crippen LogP contribution in [0, 0.1) is 5.41 Å². The van der Waals surface area contributed by atoms with Crippen LogP contribution in [0.2, 0.25) is 0 Å². The number of amides is 1. The minimum absolute atomic E-state index is 0.0696. The molecule has 2 N–H and O–H groups in total. The van der Waals surface area contributed by atoms with Gasteiger partial charge in [-0.05, 0) is 24.0 Å². The Morgan fingerprint density at radius 2 is 2.10 bits per heavy atom.